The molecule has 0 bridgehead atoms. The molecule has 2 aromatic heterocycles. The molecule has 0 atom stereocenters. The van der Waals surface area contributed by atoms with E-state index in [2.05, 4.69) is 96.2 Å². The molecule has 0 aliphatic heterocycles. The summed E-state index contributed by atoms with van der Waals surface area (Å²) in [6.45, 7) is 4.20. The number of benzene rings is 2. The predicted octanol–water partition coefficient (Wildman–Crippen LogP) is 5.31. The third kappa shape index (κ3) is 3.14. The first-order valence-electron chi connectivity index (χ1n) is 8.83. The highest BCUT2D eigenvalue weighted by atomic mass is 15.1. The Kier molecular flexibility index (Phi) is 4.32. The first kappa shape index (κ1) is 16.2. The van der Waals surface area contributed by atoms with Crippen LogP contribution in [0.25, 0.3) is 28.2 Å². The molecule has 2 heterocycles. The van der Waals surface area contributed by atoms with Crippen molar-refractivity contribution in [2.75, 3.05) is 0 Å². The number of aromatic nitrogens is 2. The van der Waals surface area contributed by atoms with Crippen LogP contribution in [0.3, 0.4) is 0 Å². The van der Waals surface area contributed by atoms with Crippen molar-refractivity contribution in [3.8, 4) is 28.2 Å². The average Bonchev–Trinajstić information content (AvgIpc) is 2.70. The zero-order chi connectivity index (χ0) is 17.9. The quantitative estimate of drug-likeness (QED) is 0.463. The molecule has 0 radical (unpaired) electrons. The SMILES string of the molecule is Cc1ccc(-[n+]2c(C)cc(-c3ccccc3)cc2-c2ccccc2)nc1. The minimum atomic E-state index is 0.937. The van der Waals surface area contributed by atoms with Gasteiger partial charge >= 0.3 is 5.82 Å². The smallest absolute Gasteiger partial charge is 0.193 e. The number of hydrogen-bond acceptors (Lipinski definition) is 1. The van der Waals surface area contributed by atoms with Gasteiger partial charge < -0.3 is 0 Å². The first-order chi connectivity index (χ1) is 12.7. The van der Waals surface area contributed by atoms with E-state index in [1.54, 1.807) is 0 Å². The van der Waals surface area contributed by atoms with Crippen LogP contribution < -0.4 is 4.57 Å². The lowest BCUT2D eigenvalue weighted by molar-refractivity contribution is -0.594. The topological polar surface area (TPSA) is 16.8 Å². The van der Waals surface area contributed by atoms with Crippen molar-refractivity contribution in [1.82, 2.24) is 4.98 Å². The summed E-state index contributed by atoms with van der Waals surface area (Å²) in [5, 5.41) is 0. The fourth-order valence-electron chi connectivity index (χ4n) is 3.25. The van der Waals surface area contributed by atoms with E-state index in [-0.39, 0.29) is 0 Å². The molecule has 4 rings (SSSR count). The van der Waals surface area contributed by atoms with E-state index in [1.165, 1.54) is 16.7 Å². The lowest BCUT2D eigenvalue weighted by Crippen LogP contribution is -2.38. The van der Waals surface area contributed by atoms with Crippen LogP contribution in [-0.4, -0.2) is 4.98 Å². The zero-order valence-electron chi connectivity index (χ0n) is 15.1. The minimum Gasteiger partial charge on any atom is -0.193 e. The van der Waals surface area contributed by atoms with Crippen molar-refractivity contribution in [2.24, 2.45) is 0 Å². The molecule has 2 heteroatoms. The van der Waals surface area contributed by atoms with Crippen LogP contribution in [0.5, 0.6) is 0 Å². The maximum Gasteiger partial charge on any atom is 0.328 e. The van der Waals surface area contributed by atoms with Crippen LogP contribution in [0.15, 0.2) is 91.1 Å². The van der Waals surface area contributed by atoms with Crippen molar-refractivity contribution in [3.05, 3.63) is 102 Å². The Labute approximate surface area is 154 Å². The average molecular weight is 337 g/mol. The third-order valence-electron chi connectivity index (χ3n) is 4.55. The van der Waals surface area contributed by atoms with E-state index in [1.807, 2.05) is 18.3 Å². The largest absolute Gasteiger partial charge is 0.328 e. The first-order valence-corrected chi connectivity index (χ1v) is 8.83. The molecule has 0 amide bonds. The van der Waals surface area contributed by atoms with E-state index in [0.717, 1.165) is 22.8 Å². The molecule has 0 N–H and O–H groups in total. The Balaban J connectivity index is 1.97. The summed E-state index contributed by atoms with van der Waals surface area (Å²) in [5.41, 5.74) is 7.06. The van der Waals surface area contributed by atoms with Crippen molar-refractivity contribution < 1.29 is 4.57 Å². The maximum atomic E-state index is 4.66. The molecule has 4 aromatic rings. The molecule has 26 heavy (non-hydrogen) atoms. The van der Waals surface area contributed by atoms with Crippen LogP contribution in [-0.2, 0) is 0 Å². The van der Waals surface area contributed by atoms with Crippen LogP contribution in [0, 0.1) is 13.8 Å². The fourth-order valence-corrected chi connectivity index (χ4v) is 3.25. The second-order valence-corrected chi connectivity index (χ2v) is 6.53. The summed E-state index contributed by atoms with van der Waals surface area (Å²) in [6, 6.07) is 29.7. The third-order valence-corrected chi connectivity index (χ3v) is 4.55. The molecule has 2 nitrogen and oxygen atoms in total. The number of hydrogen-bond donors (Lipinski definition) is 0. The van der Waals surface area contributed by atoms with E-state index in [0.29, 0.717) is 0 Å². The summed E-state index contributed by atoms with van der Waals surface area (Å²) < 4.78 is 2.22. The molecule has 126 valence electrons. The summed E-state index contributed by atoms with van der Waals surface area (Å²) in [4.78, 5) is 4.66. The van der Waals surface area contributed by atoms with Crippen LogP contribution in [0.1, 0.15) is 11.3 Å². The molecular weight excluding hydrogens is 316 g/mol. The van der Waals surface area contributed by atoms with Gasteiger partial charge in [0.05, 0.1) is 0 Å². The molecule has 0 saturated heterocycles. The Morgan fingerprint density at radius 3 is 1.92 bits per heavy atom. The normalized spacial score (nSPS) is 10.7. The second kappa shape index (κ2) is 6.93. The number of nitrogens with zero attached hydrogens (tertiary/aromatic N) is 2. The number of rotatable bonds is 3. The van der Waals surface area contributed by atoms with E-state index < -0.39 is 0 Å². The van der Waals surface area contributed by atoms with Gasteiger partial charge in [-0.05, 0) is 53.7 Å². The molecule has 0 aliphatic rings. The Morgan fingerprint density at radius 1 is 0.654 bits per heavy atom. The van der Waals surface area contributed by atoms with Crippen LogP contribution in [0.2, 0.25) is 0 Å². The molecule has 0 spiro atoms. The molecular formula is C24H21N2+. The fraction of sp³-hybridized carbons (Fsp3) is 0.0833. The van der Waals surface area contributed by atoms with Gasteiger partial charge in [-0.1, -0.05) is 60.7 Å². The standard InChI is InChI=1S/C24H21N2/c1-18-13-14-24(25-17-18)26-19(2)15-22(20-9-5-3-6-10-20)16-23(26)21-11-7-4-8-12-21/h3-17H,1-2H3/q+1. The van der Waals surface area contributed by atoms with Gasteiger partial charge in [-0.25, -0.2) is 0 Å². The molecule has 0 fully saturated rings. The van der Waals surface area contributed by atoms with Gasteiger partial charge in [0, 0.05) is 11.6 Å². The van der Waals surface area contributed by atoms with Crippen LogP contribution in [0.4, 0.5) is 0 Å². The van der Waals surface area contributed by atoms with Crippen molar-refractivity contribution >= 4 is 0 Å². The predicted molar refractivity (Wildman–Crippen MR) is 106 cm³/mol. The van der Waals surface area contributed by atoms with Gasteiger partial charge in [-0.3, -0.25) is 0 Å². The lowest BCUT2D eigenvalue weighted by Gasteiger charge is -2.12. The lowest BCUT2D eigenvalue weighted by atomic mass is 10.0. The molecule has 0 unspecified atom stereocenters. The van der Waals surface area contributed by atoms with Gasteiger partial charge in [0.15, 0.2) is 0 Å². The minimum absolute atomic E-state index is 0.937. The maximum absolute atomic E-state index is 4.66. The van der Waals surface area contributed by atoms with Crippen LogP contribution >= 0.6 is 0 Å². The Hall–Kier alpha value is -3.26. The molecule has 0 aliphatic carbocycles. The van der Waals surface area contributed by atoms with Crippen molar-refractivity contribution in [3.63, 3.8) is 0 Å². The number of pyridine rings is 2. The highest BCUT2D eigenvalue weighted by Gasteiger charge is 2.19. The van der Waals surface area contributed by atoms with Gasteiger partial charge in [0.1, 0.15) is 17.6 Å². The summed E-state index contributed by atoms with van der Waals surface area (Å²) in [5.74, 6) is 0.937. The zero-order valence-corrected chi connectivity index (χ0v) is 15.1. The highest BCUT2D eigenvalue weighted by Crippen LogP contribution is 2.25. The van der Waals surface area contributed by atoms with Gasteiger partial charge in [0.2, 0.25) is 0 Å². The second-order valence-electron chi connectivity index (χ2n) is 6.53. The molecule has 0 saturated carbocycles. The van der Waals surface area contributed by atoms with E-state index in [4.69, 9.17) is 0 Å². The van der Waals surface area contributed by atoms with Gasteiger partial charge in [-0.15, -0.1) is 0 Å². The monoisotopic (exact) mass is 337 g/mol. The van der Waals surface area contributed by atoms with Crippen molar-refractivity contribution in [1.29, 1.82) is 0 Å². The van der Waals surface area contributed by atoms with Crippen molar-refractivity contribution in [2.45, 2.75) is 13.8 Å². The summed E-state index contributed by atoms with van der Waals surface area (Å²) in [7, 11) is 0. The molecule has 2 aromatic carbocycles. The Bertz CT molecular complexity index is 1020. The summed E-state index contributed by atoms with van der Waals surface area (Å²) in [6.07, 6.45) is 1.92. The Morgan fingerprint density at radius 2 is 1.31 bits per heavy atom. The highest BCUT2D eigenvalue weighted by molar-refractivity contribution is 5.69. The van der Waals surface area contributed by atoms with E-state index in [9.17, 15) is 0 Å². The summed E-state index contributed by atoms with van der Waals surface area (Å²) >= 11 is 0. The van der Waals surface area contributed by atoms with E-state index >= 15 is 0 Å². The van der Waals surface area contributed by atoms with Gasteiger partial charge in [0.25, 0.3) is 0 Å². The van der Waals surface area contributed by atoms with Gasteiger partial charge in [-0.2, -0.15) is 4.57 Å². The number of aryl methyl sites for hydroxylation is 2.